The molecule has 0 aliphatic rings. The van der Waals surface area contributed by atoms with E-state index in [1.54, 1.807) is 6.92 Å². The van der Waals surface area contributed by atoms with E-state index in [0.29, 0.717) is 23.3 Å². The first kappa shape index (κ1) is 24.0. The molecular weight excluding hydrogens is 354 g/mol. The number of carbonyl (C=O) groups is 2. The van der Waals surface area contributed by atoms with Crippen LogP contribution in [0.5, 0.6) is 0 Å². The maximum atomic E-state index is 12.6. The van der Waals surface area contributed by atoms with Gasteiger partial charge in [0, 0.05) is 17.9 Å². The van der Waals surface area contributed by atoms with E-state index < -0.39 is 5.92 Å². The number of rotatable bonds is 8. The van der Waals surface area contributed by atoms with Crippen molar-refractivity contribution in [2.75, 3.05) is 53.6 Å². The molecule has 26 heavy (non-hydrogen) atoms. The zero-order valence-electron chi connectivity index (χ0n) is 16.4. The quantitative estimate of drug-likeness (QED) is 0.310. The highest BCUT2D eigenvalue weighted by Gasteiger charge is 2.23. The second-order valence-electron chi connectivity index (χ2n) is 7.41. The normalized spacial score (nSPS) is 13.0. The van der Waals surface area contributed by atoms with Gasteiger partial charge in [0.1, 0.15) is 0 Å². The monoisotopic (exact) mass is 383 g/mol. The van der Waals surface area contributed by atoms with Gasteiger partial charge in [0.15, 0.2) is 6.54 Å². The van der Waals surface area contributed by atoms with Gasteiger partial charge in [-0.15, -0.1) is 0 Å². The number of nitrogens with zero attached hydrogens (tertiary/aromatic N) is 3. The maximum absolute atomic E-state index is 12.6. The summed E-state index contributed by atoms with van der Waals surface area (Å²) >= 11 is 0. The summed E-state index contributed by atoms with van der Waals surface area (Å²) in [6, 6.07) is 9.29. The lowest BCUT2D eigenvalue weighted by molar-refractivity contribution is -0.862. The van der Waals surface area contributed by atoms with E-state index in [4.69, 9.17) is 0 Å². The highest BCUT2D eigenvalue weighted by Crippen LogP contribution is 2.10. The van der Waals surface area contributed by atoms with E-state index in [9.17, 15) is 9.59 Å². The number of nitrogens with one attached hydrogen (secondary N) is 2. The summed E-state index contributed by atoms with van der Waals surface area (Å²) in [4.78, 5) is 26.5. The molecule has 1 unspecified atom stereocenters. The van der Waals surface area contributed by atoms with Crippen molar-refractivity contribution in [1.29, 1.82) is 0 Å². The van der Waals surface area contributed by atoms with E-state index in [2.05, 4.69) is 15.8 Å². The van der Waals surface area contributed by atoms with Crippen molar-refractivity contribution in [3.63, 3.8) is 0 Å². The van der Waals surface area contributed by atoms with Crippen LogP contribution in [-0.4, -0.2) is 75.2 Å². The Morgan fingerprint density at radius 2 is 1.73 bits per heavy atom. The summed E-state index contributed by atoms with van der Waals surface area (Å²) in [6.45, 7) is 2.56. The molecule has 146 valence electrons. The molecule has 0 aliphatic heterocycles. The lowest BCUT2D eigenvalue weighted by atomic mass is 10.0. The minimum Gasteiger partial charge on any atom is -1.00 e. The van der Waals surface area contributed by atoms with Crippen LogP contribution in [0.25, 0.3) is 0 Å². The smallest absolute Gasteiger partial charge is 0.295 e. The third kappa shape index (κ3) is 9.50. The van der Waals surface area contributed by atoms with Crippen LogP contribution in [-0.2, 0) is 9.59 Å². The number of hydrazone groups is 1. The van der Waals surface area contributed by atoms with Gasteiger partial charge in [0.25, 0.3) is 5.91 Å². The molecule has 2 N–H and O–H groups in total. The van der Waals surface area contributed by atoms with Gasteiger partial charge in [-0.05, 0) is 33.2 Å². The molecule has 2 amide bonds. The summed E-state index contributed by atoms with van der Waals surface area (Å²) < 4.78 is 0.510. The Morgan fingerprint density at radius 1 is 1.15 bits per heavy atom. The summed E-state index contributed by atoms with van der Waals surface area (Å²) in [5.41, 5.74) is 3.85. The fraction of sp³-hybridized carbons (Fsp3) is 0.500. The summed E-state index contributed by atoms with van der Waals surface area (Å²) in [5, 5.41) is 7.04. The Hall–Kier alpha value is -1.96. The van der Waals surface area contributed by atoms with Crippen molar-refractivity contribution in [3.05, 3.63) is 30.3 Å². The lowest BCUT2D eigenvalue weighted by Gasteiger charge is -2.23. The van der Waals surface area contributed by atoms with Crippen molar-refractivity contribution in [2.45, 2.75) is 6.92 Å². The van der Waals surface area contributed by atoms with Crippen LogP contribution in [0, 0.1) is 5.92 Å². The number of amides is 2. The van der Waals surface area contributed by atoms with Crippen LogP contribution in [0.2, 0.25) is 0 Å². The van der Waals surface area contributed by atoms with Gasteiger partial charge in [-0.25, -0.2) is 5.43 Å². The van der Waals surface area contributed by atoms with Crippen molar-refractivity contribution >= 4 is 23.2 Å². The van der Waals surface area contributed by atoms with Crippen molar-refractivity contribution < 1.29 is 26.5 Å². The Bertz CT molecular complexity index is 612. The Labute approximate surface area is 162 Å². The number of hydrogen-bond acceptors (Lipinski definition) is 4. The van der Waals surface area contributed by atoms with Gasteiger partial charge >= 0.3 is 0 Å². The fourth-order valence-electron chi connectivity index (χ4n) is 2.22. The van der Waals surface area contributed by atoms with Crippen molar-refractivity contribution in [2.24, 2.45) is 11.0 Å². The van der Waals surface area contributed by atoms with Gasteiger partial charge in [0.05, 0.1) is 27.1 Å². The molecule has 0 fully saturated rings. The molecule has 0 saturated carbocycles. The van der Waals surface area contributed by atoms with Crippen molar-refractivity contribution in [3.8, 4) is 0 Å². The second-order valence-corrected chi connectivity index (χ2v) is 7.41. The average molecular weight is 384 g/mol. The zero-order valence-corrected chi connectivity index (χ0v) is 17.2. The molecule has 1 aromatic rings. The number of likely N-dealkylation sites (N-methyl/N-ethyl adjacent to an activating group) is 1. The molecule has 0 aromatic heterocycles. The molecule has 1 rings (SSSR count). The highest BCUT2D eigenvalue weighted by molar-refractivity contribution is 6.08. The lowest BCUT2D eigenvalue weighted by Crippen LogP contribution is -3.00. The average Bonchev–Trinajstić information content (AvgIpc) is 2.49. The first-order valence-electron chi connectivity index (χ1n) is 8.22. The molecule has 0 radical (unpaired) electrons. The largest absolute Gasteiger partial charge is 1.00 e. The Kier molecular flexibility index (Phi) is 10.1. The van der Waals surface area contributed by atoms with Gasteiger partial charge in [-0.3, -0.25) is 9.59 Å². The number of halogens is 1. The van der Waals surface area contributed by atoms with Gasteiger partial charge in [0.2, 0.25) is 5.91 Å². The van der Waals surface area contributed by atoms with Gasteiger partial charge in [-0.2, -0.15) is 5.10 Å². The summed E-state index contributed by atoms with van der Waals surface area (Å²) in [5.74, 6) is -0.791. The zero-order chi connectivity index (χ0) is 19.0. The van der Waals surface area contributed by atoms with E-state index in [1.807, 2.05) is 70.5 Å². The number of carbonyl (C=O) groups excluding carboxylic acids is 2. The Morgan fingerprint density at radius 3 is 2.23 bits per heavy atom. The number of para-hydroxylation sites is 1. The van der Waals surface area contributed by atoms with E-state index in [0.717, 1.165) is 5.69 Å². The molecule has 0 bridgehead atoms. The topological polar surface area (TPSA) is 73.8 Å². The predicted molar refractivity (Wildman–Crippen MR) is 101 cm³/mol. The molecule has 7 nitrogen and oxygen atoms in total. The maximum Gasteiger partial charge on any atom is 0.295 e. The van der Waals surface area contributed by atoms with Crippen molar-refractivity contribution in [1.82, 2.24) is 10.3 Å². The first-order chi connectivity index (χ1) is 11.6. The minimum absolute atomic E-state index is 0. The molecule has 1 atom stereocenters. The number of anilines is 1. The summed E-state index contributed by atoms with van der Waals surface area (Å²) in [7, 11) is 9.58. The Balaban J connectivity index is 0.00000625. The number of hydrogen-bond donors (Lipinski definition) is 2. The second kappa shape index (κ2) is 10.9. The molecule has 8 heteroatoms. The molecule has 0 heterocycles. The molecule has 0 spiro atoms. The fourth-order valence-corrected chi connectivity index (χ4v) is 2.22. The molecule has 1 aromatic carbocycles. The molecular formula is C18H30ClN5O2. The predicted octanol–water partition coefficient (Wildman–Crippen LogP) is -1.99. The van der Waals surface area contributed by atoms with E-state index in [-0.39, 0.29) is 24.2 Å². The van der Waals surface area contributed by atoms with Crippen LogP contribution in [0.3, 0.4) is 0 Å². The highest BCUT2D eigenvalue weighted by atomic mass is 35.5. The standard InChI is InChI=1S/C18H29N5O2.ClH/c1-14(20-21-17(24)13-23(4,5)6)16(12-22(2)3)18(25)19-15-10-8-7-9-11-15;/h7-11,16H,12-13H2,1-6H3,(H-,19,21,24,25);1H/b20-14-;. The third-order valence-electron chi connectivity index (χ3n) is 3.38. The van der Waals surface area contributed by atoms with Crippen LogP contribution in [0.1, 0.15) is 6.92 Å². The van der Waals surface area contributed by atoms with E-state index in [1.165, 1.54) is 0 Å². The van der Waals surface area contributed by atoms with Crippen LogP contribution >= 0.6 is 0 Å². The first-order valence-corrected chi connectivity index (χ1v) is 8.22. The van der Waals surface area contributed by atoms with Crippen LogP contribution in [0.15, 0.2) is 35.4 Å². The molecule has 0 saturated heterocycles. The van der Waals surface area contributed by atoms with Gasteiger partial charge in [-0.1, -0.05) is 18.2 Å². The number of benzene rings is 1. The van der Waals surface area contributed by atoms with Gasteiger partial charge < -0.3 is 27.1 Å². The van der Waals surface area contributed by atoms with Crippen LogP contribution in [0.4, 0.5) is 5.69 Å². The summed E-state index contributed by atoms with van der Waals surface area (Å²) in [6.07, 6.45) is 0. The SMILES string of the molecule is C/C(=N/NC(=O)C[N+](C)(C)C)C(CN(C)C)C(=O)Nc1ccccc1.[Cl-]. The van der Waals surface area contributed by atoms with Crippen LogP contribution < -0.4 is 23.1 Å². The molecule has 0 aliphatic carbocycles. The number of quaternary nitrogens is 1. The minimum atomic E-state index is -0.459. The van der Waals surface area contributed by atoms with E-state index >= 15 is 0 Å². The third-order valence-corrected chi connectivity index (χ3v) is 3.38.